The molecule has 5 nitrogen and oxygen atoms in total. The highest BCUT2D eigenvalue weighted by molar-refractivity contribution is 5.92. The molecule has 23 heavy (non-hydrogen) atoms. The number of hydrogen-bond acceptors (Lipinski definition) is 4. The maximum atomic E-state index is 12.4. The number of amides is 1. The maximum Gasteiger partial charge on any atom is 0.287 e. The molecule has 2 fully saturated rings. The Morgan fingerprint density at radius 1 is 1.30 bits per heavy atom. The highest BCUT2D eigenvalue weighted by atomic mass is 16.3. The molecule has 2 aliphatic rings. The van der Waals surface area contributed by atoms with E-state index in [-0.39, 0.29) is 11.9 Å². The number of carbonyl (C=O) groups excluding carboxylic acids is 1. The standard InChI is InChI=1S/C18H17N3O2/c19-10-11-2-1-3-12(8-11)16-6-7-17(23-16)18(22)21-15-9-13-4-5-14(15)20-13/h1-3,6-8,13-15,20H,4-5,9H2,(H,21,22). The average Bonchev–Trinajstić information content (AvgIpc) is 3.31. The van der Waals surface area contributed by atoms with E-state index in [0.717, 1.165) is 18.4 Å². The van der Waals surface area contributed by atoms with Crippen molar-refractivity contribution in [2.24, 2.45) is 0 Å². The third-order valence-corrected chi connectivity index (χ3v) is 4.72. The lowest BCUT2D eigenvalue weighted by Gasteiger charge is -2.20. The van der Waals surface area contributed by atoms with Crippen molar-refractivity contribution in [3.8, 4) is 17.4 Å². The Morgan fingerprint density at radius 3 is 2.96 bits per heavy atom. The Balaban J connectivity index is 1.49. The molecule has 0 spiro atoms. The molecule has 1 amide bonds. The van der Waals surface area contributed by atoms with E-state index in [0.29, 0.717) is 29.2 Å². The molecule has 3 unspecified atom stereocenters. The van der Waals surface area contributed by atoms with Crippen LogP contribution in [0, 0.1) is 11.3 Å². The van der Waals surface area contributed by atoms with Crippen LogP contribution < -0.4 is 10.6 Å². The van der Waals surface area contributed by atoms with E-state index in [1.54, 1.807) is 30.3 Å². The molecule has 2 N–H and O–H groups in total. The van der Waals surface area contributed by atoms with Crippen molar-refractivity contribution in [1.29, 1.82) is 5.26 Å². The third kappa shape index (κ3) is 2.62. The minimum atomic E-state index is -0.174. The van der Waals surface area contributed by atoms with Gasteiger partial charge in [-0.15, -0.1) is 0 Å². The van der Waals surface area contributed by atoms with Crippen LogP contribution in [0.3, 0.4) is 0 Å². The SMILES string of the molecule is N#Cc1cccc(-c2ccc(C(=O)NC3CC4CCC3N4)o2)c1. The van der Waals surface area contributed by atoms with Gasteiger partial charge in [-0.2, -0.15) is 5.26 Å². The van der Waals surface area contributed by atoms with Crippen LogP contribution in [0.1, 0.15) is 35.4 Å². The Labute approximate surface area is 134 Å². The molecule has 2 aliphatic heterocycles. The molecular formula is C18H17N3O2. The second-order valence-electron chi connectivity index (χ2n) is 6.22. The molecule has 1 aromatic heterocycles. The van der Waals surface area contributed by atoms with Crippen molar-refractivity contribution >= 4 is 5.91 Å². The van der Waals surface area contributed by atoms with Crippen molar-refractivity contribution in [2.75, 3.05) is 0 Å². The summed E-state index contributed by atoms with van der Waals surface area (Å²) >= 11 is 0. The monoisotopic (exact) mass is 307 g/mol. The highest BCUT2D eigenvalue weighted by Crippen LogP contribution is 2.29. The van der Waals surface area contributed by atoms with E-state index < -0.39 is 0 Å². The molecule has 0 aliphatic carbocycles. The zero-order valence-corrected chi connectivity index (χ0v) is 12.6. The first kappa shape index (κ1) is 14.0. The van der Waals surface area contributed by atoms with E-state index in [1.165, 1.54) is 6.42 Å². The van der Waals surface area contributed by atoms with E-state index >= 15 is 0 Å². The highest BCUT2D eigenvalue weighted by Gasteiger charge is 2.39. The number of carbonyl (C=O) groups is 1. The molecule has 116 valence electrons. The predicted octanol–water partition coefficient (Wildman–Crippen LogP) is 2.44. The number of rotatable bonds is 3. The fourth-order valence-corrected chi connectivity index (χ4v) is 3.58. The van der Waals surface area contributed by atoms with Crippen LogP contribution in [0.4, 0.5) is 0 Å². The zero-order chi connectivity index (χ0) is 15.8. The van der Waals surface area contributed by atoms with Gasteiger partial charge in [0.05, 0.1) is 11.6 Å². The Hall–Kier alpha value is -2.58. The number of nitrogens with one attached hydrogen (secondary N) is 2. The minimum Gasteiger partial charge on any atom is -0.451 e. The van der Waals surface area contributed by atoms with Gasteiger partial charge in [0.25, 0.3) is 5.91 Å². The fraction of sp³-hybridized carbons (Fsp3) is 0.333. The molecule has 3 atom stereocenters. The van der Waals surface area contributed by atoms with Crippen LogP contribution in [-0.4, -0.2) is 24.0 Å². The summed E-state index contributed by atoms with van der Waals surface area (Å²) in [7, 11) is 0. The maximum absolute atomic E-state index is 12.4. The Bertz CT molecular complexity index is 790. The molecule has 5 heteroatoms. The molecular weight excluding hydrogens is 290 g/mol. The smallest absolute Gasteiger partial charge is 0.287 e. The summed E-state index contributed by atoms with van der Waals surface area (Å²) in [5.41, 5.74) is 1.36. The third-order valence-electron chi connectivity index (χ3n) is 4.72. The molecule has 2 aromatic rings. The summed E-state index contributed by atoms with van der Waals surface area (Å²) in [5.74, 6) is 0.732. The van der Waals surface area contributed by atoms with Crippen LogP contribution in [0.25, 0.3) is 11.3 Å². The van der Waals surface area contributed by atoms with Crippen molar-refractivity contribution in [3.05, 3.63) is 47.7 Å². The molecule has 0 radical (unpaired) electrons. The fourth-order valence-electron chi connectivity index (χ4n) is 3.58. The van der Waals surface area contributed by atoms with Gasteiger partial charge in [0.15, 0.2) is 5.76 Å². The molecule has 1 aromatic carbocycles. The lowest BCUT2D eigenvalue weighted by molar-refractivity contribution is 0.0903. The number of benzene rings is 1. The average molecular weight is 307 g/mol. The predicted molar refractivity (Wildman–Crippen MR) is 84.7 cm³/mol. The summed E-state index contributed by atoms with van der Waals surface area (Å²) < 4.78 is 5.68. The number of nitrogens with zero attached hydrogens (tertiary/aromatic N) is 1. The number of furan rings is 1. The first-order valence-corrected chi connectivity index (χ1v) is 7.90. The molecule has 2 bridgehead atoms. The van der Waals surface area contributed by atoms with Gasteiger partial charge in [-0.05, 0) is 43.5 Å². The lowest BCUT2D eigenvalue weighted by atomic mass is 9.95. The quantitative estimate of drug-likeness (QED) is 0.913. The van der Waals surface area contributed by atoms with Crippen LogP contribution in [0.15, 0.2) is 40.8 Å². The van der Waals surface area contributed by atoms with Gasteiger partial charge in [-0.25, -0.2) is 0 Å². The van der Waals surface area contributed by atoms with Gasteiger partial charge < -0.3 is 15.1 Å². The molecule has 2 saturated heterocycles. The van der Waals surface area contributed by atoms with Crippen molar-refractivity contribution in [1.82, 2.24) is 10.6 Å². The zero-order valence-electron chi connectivity index (χ0n) is 12.6. The summed E-state index contributed by atoms with van der Waals surface area (Å²) in [6.45, 7) is 0. The van der Waals surface area contributed by atoms with E-state index in [1.807, 2.05) is 6.07 Å². The van der Waals surface area contributed by atoms with Gasteiger partial charge in [0.2, 0.25) is 0 Å². The van der Waals surface area contributed by atoms with Gasteiger partial charge in [-0.1, -0.05) is 12.1 Å². The van der Waals surface area contributed by atoms with E-state index in [9.17, 15) is 4.79 Å². The van der Waals surface area contributed by atoms with Gasteiger partial charge in [0, 0.05) is 23.7 Å². The Kier molecular flexibility index (Phi) is 3.40. The topological polar surface area (TPSA) is 78.1 Å². The Morgan fingerprint density at radius 2 is 2.22 bits per heavy atom. The van der Waals surface area contributed by atoms with Crippen molar-refractivity contribution < 1.29 is 9.21 Å². The second-order valence-corrected chi connectivity index (χ2v) is 6.22. The summed E-state index contributed by atoms with van der Waals surface area (Å²) in [5, 5.41) is 15.5. The van der Waals surface area contributed by atoms with Crippen LogP contribution in [0.2, 0.25) is 0 Å². The summed E-state index contributed by atoms with van der Waals surface area (Å²) in [6, 6.07) is 13.8. The molecule has 0 saturated carbocycles. The number of hydrogen-bond donors (Lipinski definition) is 2. The number of nitriles is 1. The summed E-state index contributed by atoms with van der Waals surface area (Å²) in [6.07, 6.45) is 3.32. The van der Waals surface area contributed by atoms with Crippen molar-refractivity contribution in [2.45, 2.75) is 37.4 Å². The van der Waals surface area contributed by atoms with Gasteiger partial charge >= 0.3 is 0 Å². The molecule has 4 rings (SSSR count). The van der Waals surface area contributed by atoms with Crippen molar-refractivity contribution in [3.63, 3.8) is 0 Å². The van der Waals surface area contributed by atoms with Crippen LogP contribution >= 0.6 is 0 Å². The van der Waals surface area contributed by atoms with E-state index in [2.05, 4.69) is 16.7 Å². The normalized spacial score (nSPS) is 25.3. The lowest BCUT2D eigenvalue weighted by Crippen LogP contribution is -2.42. The molecule has 3 heterocycles. The van der Waals surface area contributed by atoms with Gasteiger partial charge in [-0.3, -0.25) is 4.79 Å². The minimum absolute atomic E-state index is 0.174. The van der Waals surface area contributed by atoms with Gasteiger partial charge in [0.1, 0.15) is 5.76 Å². The van der Waals surface area contributed by atoms with E-state index in [4.69, 9.17) is 9.68 Å². The first-order valence-electron chi connectivity index (χ1n) is 7.90. The second kappa shape index (κ2) is 5.56. The number of fused-ring (bicyclic) bond motifs is 2. The first-order chi connectivity index (χ1) is 11.2. The van der Waals surface area contributed by atoms with Crippen LogP contribution in [0.5, 0.6) is 0 Å². The largest absolute Gasteiger partial charge is 0.451 e. The van der Waals surface area contributed by atoms with Crippen LogP contribution in [-0.2, 0) is 0 Å². The summed E-state index contributed by atoms with van der Waals surface area (Å²) in [4.78, 5) is 12.4.